The third-order valence-electron chi connectivity index (χ3n) is 3.23. The van der Waals surface area contributed by atoms with Crippen molar-refractivity contribution in [2.45, 2.75) is 24.2 Å². The van der Waals surface area contributed by atoms with E-state index >= 15 is 0 Å². The number of carbonyl (C=O) groups is 2. The van der Waals surface area contributed by atoms with Gasteiger partial charge in [0.25, 0.3) is 5.91 Å². The molecule has 1 saturated heterocycles. The zero-order valence-corrected chi connectivity index (χ0v) is 11.7. The molecule has 4 nitrogen and oxygen atoms in total. The van der Waals surface area contributed by atoms with Crippen LogP contribution >= 0.6 is 12.6 Å². The number of rotatable bonds is 4. The summed E-state index contributed by atoms with van der Waals surface area (Å²) in [5.74, 6) is -0.0585. The quantitative estimate of drug-likeness (QED) is 0.824. The van der Waals surface area contributed by atoms with E-state index in [9.17, 15) is 9.59 Å². The van der Waals surface area contributed by atoms with Gasteiger partial charge < -0.3 is 10.2 Å². The third kappa shape index (κ3) is 3.73. The van der Waals surface area contributed by atoms with Crippen LogP contribution in [0.1, 0.15) is 29.6 Å². The molecule has 1 fully saturated rings. The molecule has 1 heterocycles. The van der Waals surface area contributed by atoms with Gasteiger partial charge in [0.15, 0.2) is 0 Å². The van der Waals surface area contributed by atoms with Crippen LogP contribution in [0.2, 0.25) is 0 Å². The van der Waals surface area contributed by atoms with Crippen molar-refractivity contribution in [1.29, 1.82) is 0 Å². The summed E-state index contributed by atoms with van der Waals surface area (Å²) in [6.45, 7) is 2.08. The van der Waals surface area contributed by atoms with Crippen LogP contribution < -0.4 is 5.32 Å². The Morgan fingerprint density at radius 2 is 1.89 bits per heavy atom. The Kier molecular flexibility index (Phi) is 4.85. The van der Waals surface area contributed by atoms with Gasteiger partial charge in [-0.15, -0.1) is 12.6 Å². The molecule has 1 aliphatic rings. The van der Waals surface area contributed by atoms with Crippen LogP contribution in [0.4, 0.5) is 0 Å². The number of carbonyl (C=O) groups excluding carboxylic acids is 2. The molecule has 0 aliphatic carbocycles. The Hall–Kier alpha value is -1.49. The van der Waals surface area contributed by atoms with E-state index in [4.69, 9.17) is 0 Å². The summed E-state index contributed by atoms with van der Waals surface area (Å²) < 4.78 is 0. The van der Waals surface area contributed by atoms with Crippen LogP contribution in [0.5, 0.6) is 0 Å². The van der Waals surface area contributed by atoms with Crippen molar-refractivity contribution < 1.29 is 9.59 Å². The molecule has 1 aromatic carbocycles. The fourth-order valence-electron chi connectivity index (χ4n) is 2.17. The Labute approximate surface area is 118 Å². The van der Waals surface area contributed by atoms with E-state index in [0.29, 0.717) is 23.4 Å². The highest BCUT2D eigenvalue weighted by molar-refractivity contribution is 7.80. The van der Waals surface area contributed by atoms with Gasteiger partial charge in [-0.3, -0.25) is 9.59 Å². The molecule has 0 bridgehead atoms. The normalized spacial score (nSPS) is 14.5. The lowest BCUT2D eigenvalue weighted by atomic mass is 10.2. The van der Waals surface area contributed by atoms with Crippen LogP contribution in [0, 0.1) is 0 Å². The predicted molar refractivity (Wildman–Crippen MR) is 76.5 cm³/mol. The minimum Gasteiger partial charge on any atom is -0.351 e. The summed E-state index contributed by atoms with van der Waals surface area (Å²) >= 11 is 4.24. The molecule has 0 spiro atoms. The largest absolute Gasteiger partial charge is 0.351 e. The molecule has 0 unspecified atom stereocenters. The van der Waals surface area contributed by atoms with Gasteiger partial charge in [0.1, 0.15) is 0 Å². The molecule has 5 heteroatoms. The van der Waals surface area contributed by atoms with Crippen LogP contribution in [0.25, 0.3) is 0 Å². The topological polar surface area (TPSA) is 49.4 Å². The summed E-state index contributed by atoms with van der Waals surface area (Å²) in [6, 6.07) is 7.12. The summed E-state index contributed by atoms with van der Waals surface area (Å²) in [5, 5.41) is 2.76. The monoisotopic (exact) mass is 278 g/mol. The van der Waals surface area contributed by atoms with Gasteiger partial charge in [0.2, 0.25) is 5.91 Å². The van der Waals surface area contributed by atoms with Gasteiger partial charge in [-0.25, -0.2) is 0 Å². The fourth-order valence-corrected chi connectivity index (χ4v) is 2.43. The molecule has 2 rings (SSSR count). The standard InChI is InChI=1S/C14H18N2O2S/c17-13(16-9-3-4-10-16)7-8-15-14(18)11-5-1-2-6-12(11)19/h1-2,5-6,19H,3-4,7-10H2,(H,15,18). The summed E-state index contributed by atoms with van der Waals surface area (Å²) in [5.41, 5.74) is 0.541. The summed E-state index contributed by atoms with van der Waals surface area (Å²) in [7, 11) is 0. The van der Waals surface area contributed by atoms with Crippen molar-refractivity contribution in [1.82, 2.24) is 10.2 Å². The second-order valence-electron chi connectivity index (χ2n) is 4.61. The lowest BCUT2D eigenvalue weighted by Gasteiger charge is -2.15. The van der Waals surface area contributed by atoms with Gasteiger partial charge in [-0.05, 0) is 25.0 Å². The highest BCUT2D eigenvalue weighted by Gasteiger charge is 2.17. The van der Waals surface area contributed by atoms with Crippen molar-refractivity contribution in [2.24, 2.45) is 0 Å². The van der Waals surface area contributed by atoms with E-state index in [1.807, 2.05) is 11.0 Å². The highest BCUT2D eigenvalue weighted by atomic mass is 32.1. The van der Waals surface area contributed by atoms with Crippen molar-refractivity contribution >= 4 is 24.4 Å². The molecule has 0 saturated carbocycles. The molecule has 1 N–H and O–H groups in total. The Morgan fingerprint density at radius 1 is 1.21 bits per heavy atom. The van der Waals surface area contributed by atoms with Crippen molar-refractivity contribution in [2.75, 3.05) is 19.6 Å². The SMILES string of the molecule is O=C(NCCC(=O)N1CCCC1)c1ccccc1S. The van der Waals surface area contributed by atoms with E-state index < -0.39 is 0 Å². The second-order valence-corrected chi connectivity index (χ2v) is 5.09. The number of hydrogen-bond donors (Lipinski definition) is 2. The number of likely N-dealkylation sites (tertiary alicyclic amines) is 1. The molecule has 0 aromatic heterocycles. The van der Waals surface area contributed by atoms with E-state index in [1.54, 1.807) is 18.2 Å². The molecular weight excluding hydrogens is 260 g/mol. The number of benzene rings is 1. The minimum atomic E-state index is -0.181. The minimum absolute atomic E-state index is 0.122. The van der Waals surface area contributed by atoms with Gasteiger partial charge in [0.05, 0.1) is 5.56 Å². The van der Waals surface area contributed by atoms with Crippen molar-refractivity contribution in [3.8, 4) is 0 Å². The number of amides is 2. The maximum absolute atomic E-state index is 11.9. The molecule has 0 atom stereocenters. The number of hydrogen-bond acceptors (Lipinski definition) is 3. The average Bonchev–Trinajstić information content (AvgIpc) is 2.93. The van der Waals surface area contributed by atoms with Gasteiger partial charge >= 0.3 is 0 Å². The average molecular weight is 278 g/mol. The van der Waals surface area contributed by atoms with Gasteiger partial charge in [0, 0.05) is 31.0 Å². The van der Waals surface area contributed by atoms with Gasteiger partial charge in [-0.1, -0.05) is 12.1 Å². The van der Waals surface area contributed by atoms with E-state index in [2.05, 4.69) is 17.9 Å². The van der Waals surface area contributed by atoms with Crippen LogP contribution in [-0.4, -0.2) is 36.3 Å². The first-order valence-electron chi connectivity index (χ1n) is 6.52. The summed E-state index contributed by atoms with van der Waals surface area (Å²) in [6.07, 6.45) is 2.54. The maximum Gasteiger partial charge on any atom is 0.252 e. The number of thiol groups is 1. The number of nitrogens with one attached hydrogen (secondary N) is 1. The molecular formula is C14H18N2O2S. The molecule has 1 aromatic rings. The smallest absolute Gasteiger partial charge is 0.252 e. The first-order valence-corrected chi connectivity index (χ1v) is 6.97. The van der Waals surface area contributed by atoms with E-state index in [-0.39, 0.29) is 11.8 Å². The van der Waals surface area contributed by atoms with Gasteiger partial charge in [-0.2, -0.15) is 0 Å². The lowest BCUT2D eigenvalue weighted by molar-refractivity contribution is -0.129. The van der Waals surface area contributed by atoms with E-state index in [1.165, 1.54) is 0 Å². The number of nitrogens with zero attached hydrogens (tertiary/aromatic N) is 1. The predicted octanol–water partition coefficient (Wildman–Crippen LogP) is 1.72. The zero-order chi connectivity index (χ0) is 13.7. The molecule has 102 valence electrons. The molecule has 0 radical (unpaired) electrons. The second kappa shape index (κ2) is 6.61. The van der Waals surface area contributed by atoms with Crippen LogP contribution in [0.15, 0.2) is 29.2 Å². The Morgan fingerprint density at radius 3 is 2.58 bits per heavy atom. The first kappa shape index (κ1) is 13.9. The Bertz CT molecular complexity index is 470. The molecule has 2 amide bonds. The first-order chi connectivity index (χ1) is 9.18. The van der Waals surface area contributed by atoms with Crippen LogP contribution in [0.3, 0.4) is 0 Å². The molecule has 1 aliphatic heterocycles. The highest BCUT2D eigenvalue weighted by Crippen LogP contribution is 2.12. The lowest BCUT2D eigenvalue weighted by Crippen LogP contribution is -2.32. The van der Waals surface area contributed by atoms with Crippen molar-refractivity contribution in [3.05, 3.63) is 29.8 Å². The maximum atomic E-state index is 11.9. The summed E-state index contributed by atoms with van der Waals surface area (Å²) in [4.78, 5) is 26.2. The molecule has 19 heavy (non-hydrogen) atoms. The fraction of sp³-hybridized carbons (Fsp3) is 0.429. The van der Waals surface area contributed by atoms with Crippen molar-refractivity contribution in [3.63, 3.8) is 0 Å². The van der Waals surface area contributed by atoms with Crippen LogP contribution in [-0.2, 0) is 4.79 Å². The Balaban J connectivity index is 1.78. The third-order valence-corrected chi connectivity index (χ3v) is 3.62. The zero-order valence-electron chi connectivity index (χ0n) is 10.8. The van der Waals surface area contributed by atoms with E-state index in [0.717, 1.165) is 25.9 Å².